The van der Waals surface area contributed by atoms with Gasteiger partial charge in [0.15, 0.2) is 5.78 Å². The number of Topliss-reactive ketones (excluding diaryl/α,β-unsaturated/α-hetero) is 1. The highest BCUT2D eigenvalue weighted by Gasteiger charge is 2.06. The van der Waals surface area contributed by atoms with Crippen molar-refractivity contribution in [3.63, 3.8) is 0 Å². The lowest BCUT2D eigenvalue weighted by Crippen LogP contribution is -2.28. The number of hydrogen-bond donors (Lipinski definition) is 1. The minimum absolute atomic E-state index is 0.0407. The van der Waals surface area contributed by atoms with Crippen molar-refractivity contribution in [3.8, 4) is 5.75 Å². The summed E-state index contributed by atoms with van der Waals surface area (Å²) in [5.41, 5.74) is 0.567. The number of ketones is 1. The first-order valence-corrected chi connectivity index (χ1v) is 5.11. The molecule has 4 nitrogen and oxygen atoms in total. The first-order chi connectivity index (χ1) is 7.67. The number of methoxy groups -OCH3 is 1. The number of ether oxygens (including phenoxy) is 1. The van der Waals surface area contributed by atoms with E-state index in [1.165, 1.54) is 0 Å². The number of hydrogen-bond acceptors (Lipinski definition) is 3. The molecule has 0 atom stereocenters. The largest absolute Gasteiger partial charge is 0.497 e. The normalized spacial score (nSPS) is 9.62. The fraction of sp³-hybridized carbons (Fsp3) is 0.333. The summed E-state index contributed by atoms with van der Waals surface area (Å²) in [6.45, 7) is 1.78. The van der Waals surface area contributed by atoms with Crippen LogP contribution in [0.15, 0.2) is 24.3 Å². The molecule has 0 fully saturated rings. The van der Waals surface area contributed by atoms with E-state index in [-0.39, 0.29) is 18.2 Å². The third kappa shape index (κ3) is 3.38. The molecule has 1 rings (SSSR count). The summed E-state index contributed by atoms with van der Waals surface area (Å²) in [5, 5.41) is 2.54. The monoisotopic (exact) mass is 221 g/mol. The van der Waals surface area contributed by atoms with E-state index in [0.29, 0.717) is 17.7 Å². The van der Waals surface area contributed by atoms with Crippen LogP contribution in [0.2, 0.25) is 0 Å². The molecule has 0 radical (unpaired) electrons. The first kappa shape index (κ1) is 12.2. The quantitative estimate of drug-likeness (QED) is 0.765. The van der Waals surface area contributed by atoms with Crippen LogP contribution in [0.3, 0.4) is 0 Å². The molecule has 0 spiro atoms. The zero-order valence-corrected chi connectivity index (χ0v) is 9.45. The molecule has 0 unspecified atom stereocenters. The summed E-state index contributed by atoms with van der Waals surface area (Å²) in [7, 11) is 1.57. The zero-order valence-electron chi connectivity index (χ0n) is 9.45. The molecule has 0 heterocycles. The lowest BCUT2D eigenvalue weighted by molar-refractivity contribution is -0.120. The highest BCUT2D eigenvalue weighted by molar-refractivity contribution is 5.99. The van der Waals surface area contributed by atoms with Gasteiger partial charge in [-0.3, -0.25) is 9.59 Å². The molecule has 1 aromatic carbocycles. The van der Waals surface area contributed by atoms with Crippen molar-refractivity contribution in [3.05, 3.63) is 29.8 Å². The van der Waals surface area contributed by atoms with Gasteiger partial charge in [-0.25, -0.2) is 0 Å². The molecule has 0 saturated carbocycles. The van der Waals surface area contributed by atoms with Gasteiger partial charge in [0.25, 0.3) is 0 Å². The summed E-state index contributed by atoms with van der Waals surface area (Å²) >= 11 is 0. The van der Waals surface area contributed by atoms with Crippen LogP contribution in [0.1, 0.15) is 23.7 Å². The van der Waals surface area contributed by atoms with Crippen LogP contribution >= 0.6 is 0 Å². The highest BCUT2D eigenvalue weighted by Crippen LogP contribution is 2.11. The van der Waals surface area contributed by atoms with Crippen molar-refractivity contribution < 1.29 is 14.3 Å². The molecule has 0 aliphatic rings. The van der Waals surface area contributed by atoms with Gasteiger partial charge in [0.2, 0.25) is 5.91 Å². The number of carbonyl (C=O) groups excluding carboxylic acids is 2. The fourth-order valence-electron chi connectivity index (χ4n) is 1.18. The molecule has 0 aromatic heterocycles. The maximum Gasteiger partial charge on any atom is 0.220 e. The highest BCUT2D eigenvalue weighted by atomic mass is 16.5. The third-order valence-electron chi connectivity index (χ3n) is 2.18. The standard InChI is InChI=1S/C12H15NO3/c1-3-12(15)13-8-11(14)9-4-6-10(16-2)7-5-9/h4-7H,3,8H2,1-2H3,(H,13,15). The van der Waals surface area contributed by atoms with Crippen molar-refractivity contribution in [2.75, 3.05) is 13.7 Å². The van der Waals surface area contributed by atoms with Crippen LogP contribution in [0.5, 0.6) is 5.75 Å². The van der Waals surface area contributed by atoms with Gasteiger partial charge >= 0.3 is 0 Å². The summed E-state index contributed by atoms with van der Waals surface area (Å²) in [6, 6.07) is 6.79. The Morgan fingerprint density at radius 3 is 2.38 bits per heavy atom. The Morgan fingerprint density at radius 2 is 1.88 bits per heavy atom. The molecular weight excluding hydrogens is 206 g/mol. The minimum Gasteiger partial charge on any atom is -0.497 e. The maximum atomic E-state index is 11.6. The van der Waals surface area contributed by atoms with E-state index < -0.39 is 0 Å². The van der Waals surface area contributed by atoms with Crippen molar-refractivity contribution in [1.82, 2.24) is 5.32 Å². The molecule has 86 valence electrons. The third-order valence-corrected chi connectivity index (χ3v) is 2.18. The Morgan fingerprint density at radius 1 is 1.25 bits per heavy atom. The van der Waals surface area contributed by atoms with Crippen molar-refractivity contribution >= 4 is 11.7 Å². The van der Waals surface area contributed by atoms with E-state index in [4.69, 9.17) is 4.74 Å². The second kappa shape index (κ2) is 5.90. The smallest absolute Gasteiger partial charge is 0.220 e. The maximum absolute atomic E-state index is 11.6. The van der Waals surface area contributed by atoms with Crippen LogP contribution in [0, 0.1) is 0 Å². The Kier molecular flexibility index (Phi) is 4.51. The molecule has 0 aliphatic heterocycles. The average Bonchev–Trinajstić information content (AvgIpc) is 2.35. The van der Waals surface area contributed by atoms with Crippen LogP contribution in [0.25, 0.3) is 0 Å². The van der Waals surface area contributed by atoms with Gasteiger partial charge in [0.05, 0.1) is 13.7 Å². The zero-order chi connectivity index (χ0) is 12.0. The van der Waals surface area contributed by atoms with Gasteiger partial charge in [0, 0.05) is 12.0 Å². The molecule has 1 N–H and O–H groups in total. The number of amides is 1. The predicted molar refractivity (Wildman–Crippen MR) is 60.6 cm³/mol. The van der Waals surface area contributed by atoms with Crippen LogP contribution in [-0.2, 0) is 4.79 Å². The van der Waals surface area contributed by atoms with Gasteiger partial charge in [0.1, 0.15) is 5.75 Å². The second-order valence-electron chi connectivity index (χ2n) is 3.28. The Bertz CT molecular complexity index is 370. The lowest BCUT2D eigenvalue weighted by Gasteiger charge is -2.04. The predicted octanol–water partition coefficient (Wildman–Crippen LogP) is 1.40. The van der Waals surface area contributed by atoms with Gasteiger partial charge < -0.3 is 10.1 Å². The Hall–Kier alpha value is -1.84. The Labute approximate surface area is 94.6 Å². The van der Waals surface area contributed by atoms with Gasteiger partial charge in [-0.05, 0) is 24.3 Å². The number of nitrogens with one attached hydrogen (secondary N) is 1. The molecule has 1 aromatic rings. The van der Waals surface area contributed by atoms with Crippen molar-refractivity contribution in [1.29, 1.82) is 0 Å². The van der Waals surface area contributed by atoms with E-state index >= 15 is 0 Å². The summed E-state index contributed by atoms with van der Waals surface area (Å²) in [4.78, 5) is 22.6. The first-order valence-electron chi connectivity index (χ1n) is 5.11. The molecular formula is C12H15NO3. The molecule has 0 aliphatic carbocycles. The average molecular weight is 221 g/mol. The fourth-order valence-corrected chi connectivity index (χ4v) is 1.18. The topological polar surface area (TPSA) is 55.4 Å². The van der Waals surface area contributed by atoms with E-state index in [9.17, 15) is 9.59 Å². The van der Waals surface area contributed by atoms with Gasteiger partial charge in [-0.1, -0.05) is 6.92 Å². The Balaban J connectivity index is 2.56. The minimum atomic E-state index is -0.123. The molecule has 0 bridgehead atoms. The molecule has 4 heteroatoms. The lowest BCUT2D eigenvalue weighted by atomic mass is 10.1. The van der Waals surface area contributed by atoms with Gasteiger partial charge in [-0.15, -0.1) is 0 Å². The molecule has 16 heavy (non-hydrogen) atoms. The van der Waals surface area contributed by atoms with E-state index in [2.05, 4.69) is 5.32 Å². The summed E-state index contributed by atoms with van der Waals surface area (Å²) < 4.78 is 4.98. The summed E-state index contributed by atoms with van der Waals surface area (Å²) in [5.74, 6) is 0.473. The molecule has 1 amide bonds. The van der Waals surface area contributed by atoms with Crippen LogP contribution < -0.4 is 10.1 Å². The van der Waals surface area contributed by atoms with Crippen molar-refractivity contribution in [2.24, 2.45) is 0 Å². The van der Waals surface area contributed by atoms with E-state index in [0.717, 1.165) is 0 Å². The number of benzene rings is 1. The van der Waals surface area contributed by atoms with Crippen LogP contribution in [-0.4, -0.2) is 25.3 Å². The molecule has 0 saturated heterocycles. The summed E-state index contributed by atoms with van der Waals surface area (Å²) in [6.07, 6.45) is 0.385. The second-order valence-corrected chi connectivity index (χ2v) is 3.28. The SMILES string of the molecule is CCC(=O)NCC(=O)c1ccc(OC)cc1. The van der Waals surface area contributed by atoms with E-state index in [1.54, 1.807) is 38.3 Å². The number of rotatable bonds is 5. The van der Waals surface area contributed by atoms with Crippen molar-refractivity contribution in [2.45, 2.75) is 13.3 Å². The van der Waals surface area contributed by atoms with Gasteiger partial charge in [-0.2, -0.15) is 0 Å². The van der Waals surface area contributed by atoms with Crippen LogP contribution in [0.4, 0.5) is 0 Å². The van der Waals surface area contributed by atoms with E-state index in [1.807, 2.05) is 0 Å². The number of carbonyl (C=O) groups is 2.